The van der Waals surface area contributed by atoms with E-state index in [9.17, 15) is 8.42 Å². The molecule has 0 radical (unpaired) electrons. The Hall–Kier alpha value is -3.57. The molecular weight excluding hydrogens is 466 g/mol. The lowest BCUT2D eigenvalue weighted by molar-refractivity contribution is 0.312. The second-order valence-electron chi connectivity index (χ2n) is 9.00. The number of ether oxygens (including phenoxy) is 1. The number of hydrogen-bond acceptors (Lipinski definition) is 9. The number of hydrogen-bond donors (Lipinski definition) is 2. The minimum atomic E-state index is -3.73. The number of piperazine rings is 1. The number of para-hydroxylation sites is 1. The second-order valence-corrected chi connectivity index (χ2v) is 10.7. The molecule has 0 spiro atoms. The molecule has 2 aromatic carbocycles. The van der Waals surface area contributed by atoms with Crippen LogP contribution >= 0.6 is 0 Å². The summed E-state index contributed by atoms with van der Waals surface area (Å²) in [5, 5.41) is 3.26. The van der Waals surface area contributed by atoms with Crippen molar-refractivity contribution in [1.29, 1.82) is 0 Å². The van der Waals surface area contributed by atoms with Crippen molar-refractivity contribution in [1.82, 2.24) is 14.9 Å². The van der Waals surface area contributed by atoms with Gasteiger partial charge in [0.2, 0.25) is 5.95 Å². The number of anilines is 6. The summed E-state index contributed by atoms with van der Waals surface area (Å²) in [6.07, 6.45) is 2.27. The summed E-state index contributed by atoms with van der Waals surface area (Å²) >= 11 is 0. The maximum atomic E-state index is 13.0. The zero-order valence-electron chi connectivity index (χ0n) is 19.7. The van der Waals surface area contributed by atoms with Crippen molar-refractivity contribution in [3.63, 3.8) is 0 Å². The Morgan fingerprint density at radius 1 is 1.09 bits per heavy atom. The molecule has 0 atom stereocenters. The number of rotatable bonds is 4. The van der Waals surface area contributed by atoms with E-state index in [4.69, 9.17) is 9.72 Å². The predicted molar refractivity (Wildman–Crippen MR) is 136 cm³/mol. The molecule has 1 aromatic heterocycles. The molecule has 1 fully saturated rings. The van der Waals surface area contributed by atoms with E-state index in [1.165, 1.54) is 6.20 Å². The van der Waals surface area contributed by atoms with Crippen LogP contribution in [0.5, 0.6) is 5.75 Å². The Balaban J connectivity index is 1.33. The van der Waals surface area contributed by atoms with E-state index in [-0.39, 0.29) is 4.90 Å². The zero-order valence-corrected chi connectivity index (χ0v) is 20.5. The number of nitrogens with one attached hydrogen (secondary N) is 2. The van der Waals surface area contributed by atoms with E-state index in [0.29, 0.717) is 35.4 Å². The fourth-order valence-electron chi connectivity index (χ4n) is 4.92. The lowest BCUT2D eigenvalue weighted by Gasteiger charge is -2.34. The maximum absolute atomic E-state index is 13.0. The van der Waals surface area contributed by atoms with Gasteiger partial charge in [-0.2, -0.15) is 4.98 Å². The van der Waals surface area contributed by atoms with Gasteiger partial charge in [-0.15, -0.1) is 0 Å². The second kappa shape index (κ2) is 8.28. The molecule has 0 amide bonds. The molecule has 2 N–H and O–H groups in total. The third-order valence-electron chi connectivity index (χ3n) is 6.82. The van der Waals surface area contributed by atoms with Crippen molar-refractivity contribution >= 4 is 44.5 Å². The molecule has 35 heavy (non-hydrogen) atoms. The molecule has 11 heteroatoms. The first-order valence-corrected chi connectivity index (χ1v) is 13.1. The lowest BCUT2D eigenvalue weighted by Crippen LogP contribution is -2.44. The average Bonchev–Trinajstić information content (AvgIpc) is 3.26. The quantitative estimate of drug-likeness (QED) is 0.568. The molecule has 1 saturated heterocycles. The van der Waals surface area contributed by atoms with Gasteiger partial charge >= 0.3 is 0 Å². The normalized spacial score (nSPS) is 18.3. The standard InChI is InChI=1S/C24H27N7O3S/c1-29-10-12-30(13-11-29)17-6-7-18(20(14-17)34-2)26-24-25-15-19-23(27-24)31-9-8-16-4-3-5-21(22(16)31)35(32,33)28-19/h3-7,14-15,28H,8-13H2,1-2H3,(H,25,26,27). The molecule has 6 rings (SSSR count). The first-order chi connectivity index (χ1) is 16.9. The van der Waals surface area contributed by atoms with Gasteiger partial charge in [0.25, 0.3) is 10.0 Å². The van der Waals surface area contributed by atoms with Crippen LogP contribution in [0.1, 0.15) is 5.56 Å². The molecular formula is C24H27N7O3S. The smallest absolute Gasteiger partial charge is 0.264 e. The summed E-state index contributed by atoms with van der Waals surface area (Å²) in [6.45, 7) is 4.63. The van der Waals surface area contributed by atoms with Crippen LogP contribution < -0.4 is 24.6 Å². The van der Waals surface area contributed by atoms with E-state index in [1.54, 1.807) is 19.2 Å². The van der Waals surface area contributed by atoms with E-state index < -0.39 is 10.0 Å². The molecule has 3 aliphatic heterocycles. The highest BCUT2D eigenvalue weighted by Gasteiger charge is 2.35. The van der Waals surface area contributed by atoms with Crippen LogP contribution in [0.4, 0.5) is 34.5 Å². The Labute approximate surface area is 204 Å². The summed E-state index contributed by atoms with van der Waals surface area (Å²) in [6, 6.07) is 11.4. The van der Waals surface area contributed by atoms with E-state index in [1.807, 2.05) is 23.1 Å². The van der Waals surface area contributed by atoms with Crippen molar-refractivity contribution in [2.75, 3.05) is 66.7 Å². The van der Waals surface area contributed by atoms with Crippen molar-refractivity contribution in [3.05, 3.63) is 48.2 Å². The van der Waals surface area contributed by atoms with Gasteiger partial charge < -0.3 is 24.8 Å². The molecule has 4 heterocycles. The molecule has 10 nitrogen and oxygen atoms in total. The van der Waals surface area contributed by atoms with Crippen LogP contribution in [0.15, 0.2) is 47.5 Å². The fraction of sp³-hybridized carbons (Fsp3) is 0.333. The van der Waals surface area contributed by atoms with E-state index in [2.05, 4.69) is 37.9 Å². The number of aromatic nitrogens is 2. The van der Waals surface area contributed by atoms with Gasteiger partial charge in [-0.3, -0.25) is 4.72 Å². The summed E-state index contributed by atoms with van der Waals surface area (Å²) in [5.41, 5.74) is 3.89. The van der Waals surface area contributed by atoms with Crippen molar-refractivity contribution < 1.29 is 13.2 Å². The van der Waals surface area contributed by atoms with Crippen LogP contribution in [0.3, 0.4) is 0 Å². The van der Waals surface area contributed by atoms with Gasteiger partial charge in [-0.1, -0.05) is 12.1 Å². The Kier molecular flexibility index (Phi) is 5.19. The van der Waals surface area contributed by atoms with Crippen LogP contribution in [-0.2, 0) is 16.4 Å². The van der Waals surface area contributed by atoms with E-state index >= 15 is 0 Å². The summed E-state index contributed by atoms with van der Waals surface area (Å²) in [5.74, 6) is 1.58. The molecule has 0 saturated carbocycles. The molecule has 182 valence electrons. The first-order valence-electron chi connectivity index (χ1n) is 11.6. The average molecular weight is 494 g/mol. The Morgan fingerprint density at radius 2 is 1.91 bits per heavy atom. The predicted octanol–water partition coefficient (Wildman–Crippen LogP) is 2.79. The van der Waals surface area contributed by atoms with Gasteiger partial charge in [0.1, 0.15) is 16.3 Å². The van der Waals surface area contributed by atoms with Gasteiger partial charge in [0, 0.05) is 44.5 Å². The summed E-state index contributed by atoms with van der Waals surface area (Å²) in [4.78, 5) is 16.0. The third-order valence-corrected chi connectivity index (χ3v) is 8.21. The van der Waals surface area contributed by atoms with E-state index in [0.717, 1.165) is 49.5 Å². The van der Waals surface area contributed by atoms with Crippen molar-refractivity contribution in [2.45, 2.75) is 11.3 Å². The Bertz CT molecular complexity index is 1400. The van der Waals surface area contributed by atoms with Crippen LogP contribution in [0.2, 0.25) is 0 Å². The number of likely N-dealkylation sites (N-methyl/N-ethyl adjacent to an activating group) is 1. The van der Waals surface area contributed by atoms with Crippen molar-refractivity contribution in [2.24, 2.45) is 0 Å². The zero-order chi connectivity index (χ0) is 24.2. The monoisotopic (exact) mass is 493 g/mol. The van der Waals surface area contributed by atoms with Crippen molar-refractivity contribution in [3.8, 4) is 5.75 Å². The summed E-state index contributed by atoms with van der Waals surface area (Å²) in [7, 11) is 0.0509. The number of nitrogens with zero attached hydrogens (tertiary/aromatic N) is 5. The van der Waals surface area contributed by atoms with Crippen LogP contribution in [0, 0.1) is 0 Å². The largest absolute Gasteiger partial charge is 0.494 e. The fourth-order valence-corrected chi connectivity index (χ4v) is 6.22. The van der Waals surface area contributed by atoms with Gasteiger partial charge in [-0.25, -0.2) is 13.4 Å². The maximum Gasteiger partial charge on any atom is 0.264 e. The van der Waals surface area contributed by atoms with Crippen LogP contribution in [-0.4, -0.2) is 70.2 Å². The number of methoxy groups -OCH3 is 1. The first kappa shape index (κ1) is 21.9. The minimum Gasteiger partial charge on any atom is -0.494 e. The number of fused-ring (bicyclic) bond motifs is 2. The highest BCUT2D eigenvalue weighted by atomic mass is 32.2. The molecule has 3 aromatic rings. The molecule has 0 unspecified atom stereocenters. The van der Waals surface area contributed by atoms with Gasteiger partial charge in [0.05, 0.1) is 24.7 Å². The summed E-state index contributed by atoms with van der Waals surface area (Å²) < 4.78 is 34.3. The molecule has 0 aliphatic carbocycles. The number of sulfonamides is 1. The van der Waals surface area contributed by atoms with Crippen LogP contribution in [0.25, 0.3) is 0 Å². The molecule has 3 aliphatic rings. The van der Waals surface area contributed by atoms with Gasteiger partial charge in [0.15, 0.2) is 5.82 Å². The topological polar surface area (TPSA) is 103 Å². The minimum absolute atomic E-state index is 0.265. The number of benzene rings is 2. The Morgan fingerprint density at radius 3 is 2.71 bits per heavy atom. The SMILES string of the molecule is COc1cc(N2CCN(C)CC2)ccc1Nc1ncc2c(n1)N1CCc3cccc(c31)S(=O)(=O)N2. The highest BCUT2D eigenvalue weighted by Crippen LogP contribution is 2.45. The third kappa shape index (κ3) is 3.80. The molecule has 0 bridgehead atoms. The highest BCUT2D eigenvalue weighted by molar-refractivity contribution is 7.93. The van der Waals surface area contributed by atoms with Gasteiger partial charge in [-0.05, 0) is 37.2 Å². The lowest BCUT2D eigenvalue weighted by atomic mass is 10.2.